The number of tetrazole rings is 1. The second-order valence-electron chi connectivity index (χ2n) is 6.54. The van der Waals surface area contributed by atoms with Crippen LogP contribution < -0.4 is 14.8 Å². The molecular formula is C20H24BrN5O3. The van der Waals surface area contributed by atoms with Crippen molar-refractivity contribution in [1.82, 2.24) is 20.2 Å². The van der Waals surface area contributed by atoms with Crippen LogP contribution in [0.1, 0.15) is 35.5 Å². The highest BCUT2D eigenvalue weighted by atomic mass is 79.9. The predicted molar refractivity (Wildman–Crippen MR) is 113 cm³/mol. The maximum Gasteiger partial charge on any atom is 0.178 e. The van der Waals surface area contributed by atoms with Crippen molar-refractivity contribution >= 4 is 21.6 Å². The first-order chi connectivity index (χ1) is 14.0. The highest BCUT2D eigenvalue weighted by Gasteiger charge is 2.24. The van der Waals surface area contributed by atoms with E-state index in [1.807, 2.05) is 44.2 Å². The first-order valence-electron chi connectivity index (χ1n) is 9.16. The second-order valence-corrected chi connectivity index (χ2v) is 7.33. The van der Waals surface area contributed by atoms with Gasteiger partial charge in [0.15, 0.2) is 5.82 Å². The molecule has 154 valence electrons. The molecule has 3 aromatic rings. The third-order valence-electron chi connectivity index (χ3n) is 4.55. The summed E-state index contributed by atoms with van der Waals surface area (Å²) in [6.07, 6.45) is 0. The van der Waals surface area contributed by atoms with Gasteiger partial charge in [0.1, 0.15) is 22.0 Å². The van der Waals surface area contributed by atoms with E-state index in [0.717, 1.165) is 26.9 Å². The van der Waals surface area contributed by atoms with Crippen LogP contribution in [0.25, 0.3) is 0 Å². The minimum atomic E-state index is -0.366. The summed E-state index contributed by atoms with van der Waals surface area (Å²) in [5, 5.41) is 25.3. The van der Waals surface area contributed by atoms with Crippen molar-refractivity contribution in [3.63, 3.8) is 0 Å². The maximum absolute atomic E-state index is 9.57. The molecule has 1 unspecified atom stereocenters. The van der Waals surface area contributed by atoms with Crippen LogP contribution in [0.5, 0.6) is 11.5 Å². The molecule has 0 spiro atoms. The van der Waals surface area contributed by atoms with Gasteiger partial charge in [0.25, 0.3) is 0 Å². The summed E-state index contributed by atoms with van der Waals surface area (Å²) in [6.45, 7) is 4.56. The Morgan fingerprint density at radius 2 is 1.83 bits per heavy atom. The molecule has 0 amide bonds. The van der Waals surface area contributed by atoms with Crippen LogP contribution in [0.15, 0.2) is 34.8 Å². The number of benzene rings is 2. The number of ether oxygens (including phenoxy) is 2. The van der Waals surface area contributed by atoms with Crippen molar-refractivity contribution in [1.29, 1.82) is 0 Å². The quantitative estimate of drug-likeness (QED) is 0.530. The van der Waals surface area contributed by atoms with Gasteiger partial charge in [-0.25, -0.2) is 4.68 Å². The van der Waals surface area contributed by atoms with E-state index in [2.05, 4.69) is 36.8 Å². The van der Waals surface area contributed by atoms with E-state index in [1.54, 1.807) is 18.9 Å². The molecule has 1 aromatic heterocycles. The lowest BCUT2D eigenvalue weighted by Gasteiger charge is -2.22. The summed E-state index contributed by atoms with van der Waals surface area (Å²) in [7, 11) is 3.21. The third kappa shape index (κ3) is 4.51. The number of aliphatic hydroxyl groups is 1. The van der Waals surface area contributed by atoms with Gasteiger partial charge in [-0.15, -0.1) is 5.10 Å². The molecule has 0 fully saturated rings. The number of nitrogens with zero attached hydrogens (tertiary/aromatic N) is 4. The van der Waals surface area contributed by atoms with Crippen LogP contribution in [-0.4, -0.2) is 39.5 Å². The molecule has 0 saturated carbocycles. The van der Waals surface area contributed by atoms with Crippen molar-refractivity contribution in [2.45, 2.75) is 33.0 Å². The maximum atomic E-state index is 9.57. The average molecular weight is 462 g/mol. The number of anilines is 1. The van der Waals surface area contributed by atoms with Gasteiger partial charge in [-0.2, -0.15) is 0 Å². The predicted octanol–water partition coefficient (Wildman–Crippen LogP) is 3.47. The summed E-state index contributed by atoms with van der Waals surface area (Å²) < 4.78 is 13.5. The summed E-state index contributed by atoms with van der Waals surface area (Å²) in [4.78, 5) is 0. The molecule has 29 heavy (non-hydrogen) atoms. The Bertz CT molecular complexity index is 967. The Kier molecular flexibility index (Phi) is 6.71. The molecule has 8 nitrogen and oxygen atoms in total. The zero-order chi connectivity index (χ0) is 21.0. The van der Waals surface area contributed by atoms with E-state index in [4.69, 9.17) is 9.47 Å². The Morgan fingerprint density at radius 3 is 2.41 bits per heavy atom. The number of aromatic nitrogens is 4. The largest absolute Gasteiger partial charge is 0.495 e. The molecule has 9 heteroatoms. The first-order valence-corrected chi connectivity index (χ1v) is 9.95. The van der Waals surface area contributed by atoms with Gasteiger partial charge >= 0.3 is 0 Å². The molecule has 0 bridgehead atoms. The van der Waals surface area contributed by atoms with Gasteiger partial charge in [0, 0.05) is 12.2 Å². The van der Waals surface area contributed by atoms with Crippen LogP contribution >= 0.6 is 15.9 Å². The molecule has 0 aliphatic heterocycles. The fourth-order valence-electron chi connectivity index (χ4n) is 3.20. The van der Waals surface area contributed by atoms with Crippen LogP contribution in [0.3, 0.4) is 0 Å². The number of halogens is 1. The van der Waals surface area contributed by atoms with Crippen molar-refractivity contribution in [3.8, 4) is 11.5 Å². The van der Waals surface area contributed by atoms with Gasteiger partial charge in [0.2, 0.25) is 0 Å². The van der Waals surface area contributed by atoms with E-state index >= 15 is 0 Å². The summed E-state index contributed by atoms with van der Waals surface area (Å²) in [6, 6.07) is 9.34. The van der Waals surface area contributed by atoms with Crippen LogP contribution in [0.4, 0.5) is 5.69 Å². The van der Waals surface area contributed by atoms with Gasteiger partial charge in [0.05, 0.1) is 20.8 Å². The van der Waals surface area contributed by atoms with E-state index in [1.165, 1.54) is 0 Å². The minimum Gasteiger partial charge on any atom is -0.495 e. The third-order valence-corrected chi connectivity index (χ3v) is 5.33. The first kappa shape index (κ1) is 21.1. The summed E-state index contributed by atoms with van der Waals surface area (Å²) >= 11 is 3.51. The normalized spacial score (nSPS) is 11.9. The van der Waals surface area contributed by atoms with Gasteiger partial charge in [-0.05, 0) is 81.2 Å². The lowest BCUT2D eigenvalue weighted by Crippen LogP contribution is -2.19. The average Bonchev–Trinajstić information content (AvgIpc) is 3.20. The number of hydrogen-bond acceptors (Lipinski definition) is 7. The molecular weight excluding hydrogens is 438 g/mol. The van der Waals surface area contributed by atoms with Crippen molar-refractivity contribution in [2.24, 2.45) is 0 Å². The molecule has 0 saturated heterocycles. The van der Waals surface area contributed by atoms with Crippen LogP contribution in [0, 0.1) is 6.92 Å². The molecule has 0 aliphatic rings. The molecule has 1 heterocycles. The van der Waals surface area contributed by atoms with E-state index in [-0.39, 0.29) is 12.6 Å². The number of aryl methyl sites for hydroxylation is 2. The Labute approximate surface area is 178 Å². The number of hydrogen-bond donors (Lipinski definition) is 2. The minimum absolute atomic E-state index is 0.0341. The lowest BCUT2D eigenvalue weighted by molar-refractivity contribution is 0.282. The highest BCUT2D eigenvalue weighted by Crippen LogP contribution is 2.39. The molecule has 2 aromatic carbocycles. The topological polar surface area (TPSA) is 94.3 Å². The van der Waals surface area contributed by atoms with E-state index < -0.39 is 0 Å². The standard InChI is InChI=1S/C20H24BrN5O3/c1-5-26-20(23-24-25-26)19(22-15-7-12(2)6-13(8-15)11-27)14-9-16(28-3)18(21)17(10-14)29-4/h6-10,19,22,27H,5,11H2,1-4H3. The van der Waals surface area contributed by atoms with Gasteiger partial charge < -0.3 is 19.9 Å². The van der Waals surface area contributed by atoms with Crippen molar-refractivity contribution < 1.29 is 14.6 Å². The van der Waals surface area contributed by atoms with Gasteiger partial charge in [-0.3, -0.25) is 0 Å². The summed E-state index contributed by atoms with van der Waals surface area (Å²) in [5.41, 5.74) is 3.59. The Balaban J connectivity index is 2.13. The molecule has 1 atom stereocenters. The van der Waals surface area contributed by atoms with Crippen LogP contribution in [0.2, 0.25) is 0 Å². The van der Waals surface area contributed by atoms with Crippen molar-refractivity contribution in [2.75, 3.05) is 19.5 Å². The molecule has 3 rings (SSSR count). The van der Waals surface area contributed by atoms with Crippen LogP contribution in [-0.2, 0) is 13.2 Å². The van der Waals surface area contributed by atoms with E-state index in [0.29, 0.717) is 23.9 Å². The monoisotopic (exact) mass is 461 g/mol. The fraction of sp³-hybridized carbons (Fsp3) is 0.350. The molecule has 0 radical (unpaired) electrons. The summed E-state index contributed by atoms with van der Waals surface area (Å²) in [5.74, 6) is 1.94. The number of rotatable bonds is 8. The SMILES string of the molecule is CCn1nnnc1C(Nc1cc(C)cc(CO)c1)c1cc(OC)c(Br)c(OC)c1. The number of nitrogens with one attached hydrogen (secondary N) is 1. The number of aliphatic hydroxyl groups excluding tert-OH is 1. The smallest absolute Gasteiger partial charge is 0.178 e. The Morgan fingerprint density at radius 1 is 1.14 bits per heavy atom. The molecule has 2 N–H and O–H groups in total. The highest BCUT2D eigenvalue weighted by molar-refractivity contribution is 9.10. The second kappa shape index (κ2) is 9.23. The zero-order valence-electron chi connectivity index (χ0n) is 16.8. The lowest BCUT2D eigenvalue weighted by atomic mass is 10.0. The van der Waals surface area contributed by atoms with Gasteiger partial charge in [-0.1, -0.05) is 6.07 Å². The zero-order valence-corrected chi connectivity index (χ0v) is 18.4. The Hall–Kier alpha value is -2.65. The molecule has 0 aliphatic carbocycles. The number of methoxy groups -OCH3 is 2. The fourth-order valence-corrected chi connectivity index (χ4v) is 3.75. The van der Waals surface area contributed by atoms with E-state index in [9.17, 15) is 5.11 Å². The van der Waals surface area contributed by atoms with Crippen molar-refractivity contribution in [3.05, 3.63) is 57.3 Å².